The highest BCUT2D eigenvalue weighted by Crippen LogP contribution is 2.34. The monoisotopic (exact) mass is 273 g/mol. The van der Waals surface area contributed by atoms with Crippen LogP contribution in [0.4, 0.5) is 0 Å². The molecule has 0 saturated carbocycles. The first-order valence-corrected chi connectivity index (χ1v) is 7.60. The molecule has 1 atom stereocenters. The number of benzene rings is 1. The first-order chi connectivity index (χ1) is 9.74. The highest BCUT2D eigenvalue weighted by Gasteiger charge is 2.24. The van der Waals surface area contributed by atoms with Gasteiger partial charge >= 0.3 is 0 Å². The molecule has 1 aliphatic rings. The molecule has 3 nitrogen and oxygen atoms in total. The SMILES string of the molecule is CC(O)CCN1CCC(c2occ3ccccc23)CC1. The number of aliphatic hydroxyl groups excluding tert-OH is 1. The Balaban J connectivity index is 1.63. The Bertz CT molecular complexity index is 553. The number of aliphatic hydroxyl groups is 1. The number of fused-ring (bicyclic) bond motifs is 1. The third-order valence-electron chi connectivity index (χ3n) is 4.36. The summed E-state index contributed by atoms with van der Waals surface area (Å²) in [5, 5.41) is 11.8. The van der Waals surface area contributed by atoms with Crippen molar-refractivity contribution in [3.63, 3.8) is 0 Å². The van der Waals surface area contributed by atoms with E-state index in [1.54, 1.807) is 0 Å². The average molecular weight is 273 g/mol. The van der Waals surface area contributed by atoms with Crippen LogP contribution in [-0.4, -0.2) is 35.7 Å². The summed E-state index contributed by atoms with van der Waals surface area (Å²) in [7, 11) is 0. The first kappa shape index (κ1) is 13.7. The summed E-state index contributed by atoms with van der Waals surface area (Å²) in [6.45, 7) is 5.07. The topological polar surface area (TPSA) is 36.6 Å². The van der Waals surface area contributed by atoms with Crippen LogP contribution in [0.1, 0.15) is 37.9 Å². The van der Waals surface area contributed by atoms with Gasteiger partial charge in [-0.15, -0.1) is 0 Å². The fraction of sp³-hybridized carbons (Fsp3) is 0.529. The highest BCUT2D eigenvalue weighted by molar-refractivity contribution is 5.84. The van der Waals surface area contributed by atoms with Crippen molar-refractivity contribution >= 4 is 10.8 Å². The molecule has 1 aromatic carbocycles. The average Bonchev–Trinajstić information content (AvgIpc) is 2.89. The summed E-state index contributed by atoms with van der Waals surface area (Å²) in [4.78, 5) is 2.45. The van der Waals surface area contributed by atoms with Crippen LogP contribution in [-0.2, 0) is 0 Å². The number of likely N-dealkylation sites (tertiary alicyclic amines) is 1. The largest absolute Gasteiger partial charge is 0.468 e. The second kappa shape index (κ2) is 5.98. The van der Waals surface area contributed by atoms with Crippen LogP contribution >= 0.6 is 0 Å². The van der Waals surface area contributed by atoms with E-state index in [1.807, 2.05) is 13.2 Å². The van der Waals surface area contributed by atoms with Gasteiger partial charge < -0.3 is 14.4 Å². The van der Waals surface area contributed by atoms with Crippen LogP contribution in [0.3, 0.4) is 0 Å². The molecular formula is C17H23NO2. The van der Waals surface area contributed by atoms with Crippen LogP contribution in [0.2, 0.25) is 0 Å². The molecule has 20 heavy (non-hydrogen) atoms. The lowest BCUT2D eigenvalue weighted by Crippen LogP contribution is -2.34. The van der Waals surface area contributed by atoms with Crippen LogP contribution in [0, 0.1) is 0 Å². The maximum atomic E-state index is 9.36. The van der Waals surface area contributed by atoms with E-state index in [2.05, 4.69) is 29.2 Å². The number of hydrogen-bond acceptors (Lipinski definition) is 3. The fourth-order valence-corrected chi connectivity index (χ4v) is 3.12. The molecule has 2 heterocycles. The summed E-state index contributed by atoms with van der Waals surface area (Å²) in [5.41, 5.74) is 0. The van der Waals surface area contributed by atoms with Gasteiger partial charge in [-0.1, -0.05) is 24.3 Å². The minimum atomic E-state index is -0.193. The van der Waals surface area contributed by atoms with Gasteiger partial charge in [-0.2, -0.15) is 0 Å². The van der Waals surface area contributed by atoms with E-state index in [4.69, 9.17) is 4.42 Å². The molecule has 0 radical (unpaired) electrons. The van der Waals surface area contributed by atoms with Gasteiger partial charge in [0.25, 0.3) is 0 Å². The second-order valence-electron chi connectivity index (χ2n) is 5.94. The molecule has 1 N–H and O–H groups in total. The lowest BCUT2D eigenvalue weighted by molar-refractivity contribution is 0.140. The number of rotatable bonds is 4. The van der Waals surface area contributed by atoms with E-state index in [-0.39, 0.29) is 6.10 Å². The van der Waals surface area contributed by atoms with E-state index in [9.17, 15) is 5.11 Å². The van der Waals surface area contributed by atoms with Crippen LogP contribution < -0.4 is 0 Å². The van der Waals surface area contributed by atoms with Gasteiger partial charge in [-0.3, -0.25) is 0 Å². The van der Waals surface area contributed by atoms with Gasteiger partial charge in [-0.05, 0) is 39.3 Å². The Labute approximate surface area is 120 Å². The fourth-order valence-electron chi connectivity index (χ4n) is 3.12. The smallest absolute Gasteiger partial charge is 0.114 e. The predicted molar refractivity (Wildman–Crippen MR) is 80.9 cm³/mol. The zero-order valence-corrected chi connectivity index (χ0v) is 12.1. The van der Waals surface area contributed by atoms with Crippen molar-refractivity contribution < 1.29 is 9.52 Å². The van der Waals surface area contributed by atoms with Gasteiger partial charge in [0, 0.05) is 23.2 Å². The van der Waals surface area contributed by atoms with Gasteiger partial charge in [0.05, 0.1) is 12.4 Å². The third-order valence-corrected chi connectivity index (χ3v) is 4.36. The van der Waals surface area contributed by atoms with Crippen molar-refractivity contribution in [3.05, 3.63) is 36.3 Å². The molecule has 1 saturated heterocycles. The minimum Gasteiger partial charge on any atom is -0.468 e. The van der Waals surface area contributed by atoms with Gasteiger partial charge in [0.2, 0.25) is 0 Å². The maximum Gasteiger partial charge on any atom is 0.114 e. The summed E-state index contributed by atoms with van der Waals surface area (Å²) >= 11 is 0. The van der Waals surface area contributed by atoms with Crippen LogP contribution in [0.5, 0.6) is 0 Å². The summed E-state index contributed by atoms with van der Waals surface area (Å²) in [6.07, 6.45) is 4.86. The zero-order valence-electron chi connectivity index (χ0n) is 12.1. The van der Waals surface area contributed by atoms with E-state index < -0.39 is 0 Å². The number of nitrogens with zero attached hydrogens (tertiary/aromatic N) is 1. The lowest BCUT2D eigenvalue weighted by Gasteiger charge is -2.31. The molecule has 0 aliphatic carbocycles. The zero-order chi connectivity index (χ0) is 13.9. The van der Waals surface area contributed by atoms with Crippen LogP contribution in [0.25, 0.3) is 10.8 Å². The molecule has 0 bridgehead atoms. The summed E-state index contributed by atoms with van der Waals surface area (Å²) in [6, 6.07) is 8.41. The predicted octanol–water partition coefficient (Wildman–Crippen LogP) is 3.38. The molecule has 108 valence electrons. The van der Waals surface area contributed by atoms with Crippen molar-refractivity contribution in [1.82, 2.24) is 4.90 Å². The summed E-state index contributed by atoms with van der Waals surface area (Å²) in [5.74, 6) is 1.70. The molecule has 3 rings (SSSR count). The Morgan fingerprint density at radius 2 is 2.05 bits per heavy atom. The Hall–Kier alpha value is -1.32. The van der Waals surface area contributed by atoms with Gasteiger partial charge in [0.15, 0.2) is 0 Å². The van der Waals surface area contributed by atoms with Gasteiger partial charge in [0.1, 0.15) is 5.76 Å². The summed E-state index contributed by atoms with van der Waals surface area (Å²) < 4.78 is 5.83. The number of furan rings is 1. The molecule has 1 aliphatic heterocycles. The van der Waals surface area contributed by atoms with Crippen molar-refractivity contribution in [2.24, 2.45) is 0 Å². The van der Waals surface area contributed by atoms with Crippen molar-refractivity contribution in [3.8, 4) is 0 Å². The van der Waals surface area contributed by atoms with Crippen LogP contribution in [0.15, 0.2) is 34.9 Å². The normalized spacial score (nSPS) is 19.5. The maximum absolute atomic E-state index is 9.36. The molecule has 1 unspecified atom stereocenters. The lowest BCUT2D eigenvalue weighted by atomic mass is 9.92. The molecule has 2 aromatic rings. The van der Waals surface area contributed by atoms with Gasteiger partial charge in [-0.25, -0.2) is 0 Å². The molecule has 1 aromatic heterocycles. The quantitative estimate of drug-likeness (QED) is 0.927. The number of hydrogen-bond donors (Lipinski definition) is 1. The molecule has 1 fully saturated rings. The van der Waals surface area contributed by atoms with Crippen molar-refractivity contribution in [2.45, 2.75) is 38.2 Å². The number of piperidine rings is 1. The Morgan fingerprint density at radius 3 is 2.80 bits per heavy atom. The van der Waals surface area contributed by atoms with Crippen molar-refractivity contribution in [1.29, 1.82) is 0 Å². The minimum absolute atomic E-state index is 0.193. The molecule has 0 spiro atoms. The molecular weight excluding hydrogens is 250 g/mol. The van der Waals surface area contributed by atoms with Crippen molar-refractivity contribution in [2.75, 3.05) is 19.6 Å². The van der Waals surface area contributed by atoms with E-state index >= 15 is 0 Å². The van der Waals surface area contributed by atoms with E-state index in [1.165, 1.54) is 10.8 Å². The first-order valence-electron chi connectivity index (χ1n) is 7.60. The molecule has 0 amide bonds. The Kier molecular flexibility index (Phi) is 4.08. The Morgan fingerprint density at radius 1 is 1.30 bits per heavy atom. The highest BCUT2D eigenvalue weighted by atomic mass is 16.3. The standard InChI is InChI=1S/C17H23NO2/c1-13(19)6-9-18-10-7-14(8-11-18)17-16-5-3-2-4-15(16)12-20-17/h2-5,12-14,19H,6-11H2,1H3. The van der Waals surface area contributed by atoms with E-state index in [0.29, 0.717) is 5.92 Å². The third kappa shape index (κ3) is 2.89. The van der Waals surface area contributed by atoms with E-state index in [0.717, 1.165) is 44.7 Å². The molecule has 3 heteroatoms. The second-order valence-corrected chi connectivity index (χ2v) is 5.94.